The predicted molar refractivity (Wildman–Crippen MR) is 74.8 cm³/mol. The van der Waals surface area contributed by atoms with E-state index in [-0.39, 0.29) is 0 Å². The fourth-order valence-electron chi connectivity index (χ4n) is 2.03. The van der Waals surface area contributed by atoms with Crippen LogP contribution in [0, 0.1) is 6.92 Å². The molecule has 2 aromatic rings. The number of rotatable bonds is 2. The fraction of sp³-hybridized carbons (Fsp3) is 0.308. The van der Waals surface area contributed by atoms with E-state index in [9.17, 15) is 0 Å². The molecule has 1 aromatic carbocycles. The SMILES string of the molecule is COc1ccc2nc(NC3=NCCN3)nc(C)c2c1. The van der Waals surface area contributed by atoms with Crippen LogP contribution in [0.2, 0.25) is 0 Å². The maximum atomic E-state index is 5.21. The lowest BCUT2D eigenvalue weighted by Gasteiger charge is -2.09. The molecule has 0 saturated heterocycles. The predicted octanol–water partition coefficient (Wildman–Crippen LogP) is 1.32. The zero-order valence-corrected chi connectivity index (χ0v) is 10.9. The van der Waals surface area contributed by atoms with Crippen molar-refractivity contribution in [2.24, 2.45) is 4.99 Å². The van der Waals surface area contributed by atoms with Crippen molar-refractivity contribution in [3.63, 3.8) is 0 Å². The summed E-state index contributed by atoms with van der Waals surface area (Å²) in [6, 6.07) is 5.77. The molecule has 0 atom stereocenters. The molecule has 3 rings (SSSR count). The maximum absolute atomic E-state index is 5.21. The highest BCUT2D eigenvalue weighted by Crippen LogP contribution is 2.22. The number of benzene rings is 1. The van der Waals surface area contributed by atoms with Gasteiger partial charge >= 0.3 is 0 Å². The van der Waals surface area contributed by atoms with Gasteiger partial charge in [0.05, 0.1) is 24.9 Å². The Morgan fingerprint density at radius 3 is 2.95 bits per heavy atom. The minimum absolute atomic E-state index is 0.559. The Kier molecular flexibility index (Phi) is 2.91. The number of methoxy groups -OCH3 is 1. The van der Waals surface area contributed by atoms with Gasteiger partial charge in [-0.15, -0.1) is 0 Å². The monoisotopic (exact) mass is 257 g/mol. The zero-order valence-electron chi connectivity index (χ0n) is 10.9. The molecule has 98 valence electrons. The summed E-state index contributed by atoms with van der Waals surface area (Å²) in [5.74, 6) is 2.09. The van der Waals surface area contributed by atoms with E-state index in [0.29, 0.717) is 5.95 Å². The molecular formula is C13H15N5O. The largest absolute Gasteiger partial charge is 0.497 e. The van der Waals surface area contributed by atoms with Gasteiger partial charge in [0.1, 0.15) is 5.75 Å². The number of aryl methyl sites for hydroxylation is 1. The second kappa shape index (κ2) is 4.72. The first-order chi connectivity index (χ1) is 9.26. The van der Waals surface area contributed by atoms with E-state index in [0.717, 1.165) is 41.4 Å². The third-order valence-electron chi connectivity index (χ3n) is 3.00. The van der Waals surface area contributed by atoms with Crippen LogP contribution >= 0.6 is 0 Å². The van der Waals surface area contributed by atoms with Crippen molar-refractivity contribution in [1.29, 1.82) is 0 Å². The molecule has 0 aliphatic carbocycles. The molecule has 6 nitrogen and oxygen atoms in total. The van der Waals surface area contributed by atoms with Crippen LogP contribution in [0.15, 0.2) is 23.2 Å². The van der Waals surface area contributed by atoms with Crippen LogP contribution in [0.5, 0.6) is 5.75 Å². The molecule has 1 aromatic heterocycles. The van der Waals surface area contributed by atoms with Crippen molar-refractivity contribution in [3.05, 3.63) is 23.9 Å². The Balaban J connectivity index is 1.99. The third kappa shape index (κ3) is 2.29. The highest BCUT2D eigenvalue weighted by Gasteiger charge is 2.09. The van der Waals surface area contributed by atoms with Gasteiger partial charge in [0.2, 0.25) is 5.95 Å². The number of aliphatic imine (C=N–C) groups is 1. The van der Waals surface area contributed by atoms with Crippen LogP contribution < -0.4 is 15.4 Å². The van der Waals surface area contributed by atoms with Gasteiger partial charge in [-0.2, -0.15) is 0 Å². The van der Waals surface area contributed by atoms with E-state index >= 15 is 0 Å². The minimum Gasteiger partial charge on any atom is -0.497 e. The number of aromatic nitrogens is 2. The van der Waals surface area contributed by atoms with Crippen molar-refractivity contribution < 1.29 is 4.74 Å². The molecule has 0 unspecified atom stereocenters. The van der Waals surface area contributed by atoms with Crippen LogP contribution in [0.1, 0.15) is 5.69 Å². The summed E-state index contributed by atoms with van der Waals surface area (Å²) in [4.78, 5) is 13.2. The lowest BCUT2D eigenvalue weighted by Crippen LogP contribution is -2.27. The van der Waals surface area contributed by atoms with Crippen molar-refractivity contribution in [1.82, 2.24) is 15.3 Å². The summed E-state index contributed by atoms with van der Waals surface area (Å²) in [6.45, 7) is 3.59. The maximum Gasteiger partial charge on any atom is 0.230 e. The van der Waals surface area contributed by atoms with E-state index in [2.05, 4.69) is 25.6 Å². The number of fused-ring (bicyclic) bond motifs is 1. The van der Waals surface area contributed by atoms with Crippen molar-refractivity contribution >= 4 is 22.8 Å². The molecule has 0 fully saturated rings. The first-order valence-electron chi connectivity index (χ1n) is 6.14. The van der Waals surface area contributed by atoms with Gasteiger partial charge < -0.3 is 10.1 Å². The van der Waals surface area contributed by atoms with Gasteiger partial charge in [0.15, 0.2) is 5.96 Å². The summed E-state index contributed by atoms with van der Waals surface area (Å²) < 4.78 is 5.21. The Labute approximate surface area is 110 Å². The second-order valence-electron chi connectivity index (χ2n) is 4.30. The van der Waals surface area contributed by atoms with Gasteiger partial charge in [0.25, 0.3) is 0 Å². The van der Waals surface area contributed by atoms with E-state index in [1.165, 1.54) is 0 Å². The highest BCUT2D eigenvalue weighted by molar-refractivity contribution is 5.94. The van der Waals surface area contributed by atoms with Gasteiger partial charge in [-0.05, 0) is 25.1 Å². The quantitative estimate of drug-likeness (QED) is 0.849. The Hall–Kier alpha value is -2.37. The molecule has 0 bridgehead atoms. The van der Waals surface area contributed by atoms with Crippen LogP contribution in [-0.4, -0.2) is 36.1 Å². The molecule has 19 heavy (non-hydrogen) atoms. The summed E-state index contributed by atoms with van der Waals surface area (Å²) >= 11 is 0. The number of hydrogen-bond acceptors (Lipinski definition) is 6. The number of nitrogens with one attached hydrogen (secondary N) is 2. The van der Waals surface area contributed by atoms with Gasteiger partial charge in [0, 0.05) is 11.9 Å². The van der Waals surface area contributed by atoms with E-state index in [4.69, 9.17) is 4.74 Å². The number of nitrogens with zero attached hydrogens (tertiary/aromatic N) is 3. The molecule has 0 spiro atoms. The molecule has 0 amide bonds. The zero-order chi connectivity index (χ0) is 13.2. The second-order valence-corrected chi connectivity index (χ2v) is 4.30. The Morgan fingerprint density at radius 2 is 2.21 bits per heavy atom. The first-order valence-corrected chi connectivity index (χ1v) is 6.14. The van der Waals surface area contributed by atoms with Gasteiger partial charge in [-0.1, -0.05) is 0 Å². The average molecular weight is 257 g/mol. The van der Waals surface area contributed by atoms with Crippen LogP contribution in [0.4, 0.5) is 5.95 Å². The minimum atomic E-state index is 0.559. The fourth-order valence-corrected chi connectivity index (χ4v) is 2.03. The molecular weight excluding hydrogens is 242 g/mol. The summed E-state index contributed by atoms with van der Waals surface area (Å²) in [6.07, 6.45) is 0. The molecule has 2 heterocycles. The number of hydrogen-bond donors (Lipinski definition) is 2. The van der Waals surface area contributed by atoms with E-state index in [1.54, 1.807) is 7.11 Å². The summed E-state index contributed by atoms with van der Waals surface area (Å²) in [5, 5.41) is 7.21. The molecule has 0 radical (unpaired) electrons. The van der Waals surface area contributed by atoms with Crippen molar-refractivity contribution in [3.8, 4) is 5.75 Å². The highest BCUT2D eigenvalue weighted by atomic mass is 16.5. The van der Waals surface area contributed by atoms with Crippen LogP contribution in [0.3, 0.4) is 0 Å². The summed E-state index contributed by atoms with van der Waals surface area (Å²) in [5.41, 5.74) is 1.79. The molecule has 1 aliphatic heterocycles. The summed E-state index contributed by atoms with van der Waals surface area (Å²) in [7, 11) is 1.65. The third-order valence-corrected chi connectivity index (χ3v) is 3.00. The van der Waals surface area contributed by atoms with Crippen LogP contribution in [-0.2, 0) is 0 Å². The standard InChI is InChI=1S/C13H15N5O/c1-8-10-7-9(19-2)3-4-11(10)17-13(16-8)18-12-14-5-6-15-12/h3-4,7H,5-6H2,1-2H3,(H2,14,15,16,17,18). The van der Waals surface area contributed by atoms with Gasteiger partial charge in [-0.25, -0.2) is 9.97 Å². The smallest absolute Gasteiger partial charge is 0.230 e. The normalized spacial score (nSPS) is 14.1. The van der Waals surface area contributed by atoms with E-state index in [1.807, 2.05) is 25.1 Å². The lowest BCUT2D eigenvalue weighted by atomic mass is 10.2. The lowest BCUT2D eigenvalue weighted by molar-refractivity contribution is 0.415. The first kappa shape index (κ1) is 11.7. The van der Waals surface area contributed by atoms with Crippen molar-refractivity contribution in [2.45, 2.75) is 6.92 Å². The van der Waals surface area contributed by atoms with Crippen LogP contribution in [0.25, 0.3) is 10.9 Å². The Bertz CT molecular complexity index is 653. The van der Waals surface area contributed by atoms with Crippen molar-refractivity contribution in [2.75, 3.05) is 25.5 Å². The number of ether oxygens (including phenoxy) is 1. The van der Waals surface area contributed by atoms with Gasteiger partial charge in [-0.3, -0.25) is 10.3 Å². The molecule has 2 N–H and O–H groups in total. The van der Waals surface area contributed by atoms with E-state index < -0.39 is 0 Å². The number of anilines is 1. The number of guanidine groups is 1. The Morgan fingerprint density at radius 1 is 1.32 bits per heavy atom. The molecule has 1 aliphatic rings. The molecule has 6 heteroatoms. The topological polar surface area (TPSA) is 71.4 Å². The average Bonchev–Trinajstić information content (AvgIpc) is 2.91. The molecule has 0 saturated carbocycles.